The summed E-state index contributed by atoms with van der Waals surface area (Å²) in [6.07, 6.45) is 2.30. The van der Waals surface area contributed by atoms with E-state index in [0.717, 1.165) is 27.5 Å². The molecule has 0 bridgehead atoms. The number of hydrogen-bond donors (Lipinski definition) is 1. The van der Waals surface area contributed by atoms with Gasteiger partial charge in [-0.1, -0.05) is 48.5 Å². The van der Waals surface area contributed by atoms with E-state index in [1.807, 2.05) is 48.7 Å². The molecule has 30 heavy (non-hydrogen) atoms. The molecule has 5 heteroatoms. The maximum absolute atomic E-state index is 13.6. The van der Waals surface area contributed by atoms with Gasteiger partial charge >= 0.3 is 0 Å². The molecular formula is C25H19N3OS. The highest BCUT2D eigenvalue weighted by Gasteiger charge is 2.49. The van der Waals surface area contributed by atoms with E-state index in [2.05, 4.69) is 40.6 Å². The first-order chi connectivity index (χ1) is 14.6. The Kier molecular flexibility index (Phi) is 4.38. The van der Waals surface area contributed by atoms with E-state index >= 15 is 0 Å². The number of anilines is 1. The number of nitriles is 1. The zero-order chi connectivity index (χ0) is 20.7. The lowest BCUT2D eigenvalue weighted by atomic mass is 9.72. The van der Waals surface area contributed by atoms with Gasteiger partial charge in [0.25, 0.3) is 0 Å². The van der Waals surface area contributed by atoms with Crippen molar-refractivity contribution in [2.75, 3.05) is 5.32 Å². The molecule has 0 saturated heterocycles. The summed E-state index contributed by atoms with van der Waals surface area (Å²) in [6, 6.07) is 22.5. The summed E-state index contributed by atoms with van der Waals surface area (Å²) in [5.41, 5.74) is 3.19. The van der Waals surface area contributed by atoms with Gasteiger partial charge in [-0.3, -0.25) is 4.79 Å². The van der Waals surface area contributed by atoms with E-state index in [0.29, 0.717) is 17.1 Å². The third-order valence-corrected chi connectivity index (χ3v) is 6.78. The van der Waals surface area contributed by atoms with Crippen LogP contribution < -0.4 is 5.32 Å². The number of nitrogens with zero attached hydrogens (tertiary/aromatic N) is 2. The summed E-state index contributed by atoms with van der Waals surface area (Å²) in [7, 11) is 0. The van der Waals surface area contributed by atoms with Crippen LogP contribution in [0.5, 0.6) is 0 Å². The molecule has 1 N–H and O–H groups in total. The van der Waals surface area contributed by atoms with Crippen molar-refractivity contribution in [3.63, 3.8) is 0 Å². The van der Waals surface area contributed by atoms with E-state index in [4.69, 9.17) is 0 Å². The largest absolute Gasteiger partial charge is 0.301 e. The third-order valence-electron chi connectivity index (χ3n) is 6.09. The molecule has 0 fully saturated rings. The molecule has 5 rings (SSSR count). The van der Waals surface area contributed by atoms with Crippen LogP contribution in [-0.4, -0.2) is 10.9 Å². The Balaban J connectivity index is 1.71. The van der Waals surface area contributed by atoms with E-state index < -0.39 is 5.41 Å². The molecule has 0 radical (unpaired) electrons. The molecule has 1 aliphatic carbocycles. The Labute approximate surface area is 178 Å². The van der Waals surface area contributed by atoms with Crippen molar-refractivity contribution >= 4 is 33.1 Å². The van der Waals surface area contributed by atoms with Gasteiger partial charge < -0.3 is 5.32 Å². The van der Waals surface area contributed by atoms with Gasteiger partial charge in [-0.2, -0.15) is 5.26 Å². The minimum Gasteiger partial charge on any atom is -0.301 e. The van der Waals surface area contributed by atoms with Gasteiger partial charge in [0.2, 0.25) is 5.91 Å². The first-order valence-electron chi connectivity index (χ1n) is 9.82. The molecule has 1 aromatic heterocycles. The van der Waals surface area contributed by atoms with Gasteiger partial charge in [0.1, 0.15) is 0 Å². The van der Waals surface area contributed by atoms with Crippen LogP contribution in [0.2, 0.25) is 0 Å². The predicted molar refractivity (Wildman–Crippen MR) is 120 cm³/mol. The number of fused-ring (bicyclic) bond motifs is 2. The van der Waals surface area contributed by atoms with Crippen LogP contribution in [0.1, 0.15) is 35.1 Å². The Morgan fingerprint density at radius 1 is 1.17 bits per heavy atom. The van der Waals surface area contributed by atoms with E-state index in [1.165, 1.54) is 11.3 Å². The maximum Gasteiger partial charge on any atom is 0.233 e. The average Bonchev–Trinajstić information content (AvgIpc) is 3.38. The zero-order valence-corrected chi connectivity index (χ0v) is 17.2. The lowest BCUT2D eigenvalue weighted by molar-refractivity contribution is -0.125. The molecule has 4 aromatic rings. The van der Waals surface area contributed by atoms with Crippen LogP contribution in [0.4, 0.5) is 5.13 Å². The monoisotopic (exact) mass is 409 g/mol. The SMILES string of the molecule is CC1(C(=O)Nc2nccs2)Cc2ccc(C#N)cc2C1c1cccc2ccccc12. The number of carbonyl (C=O) groups is 1. The number of rotatable bonds is 3. The van der Waals surface area contributed by atoms with Crippen molar-refractivity contribution in [3.8, 4) is 6.07 Å². The van der Waals surface area contributed by atoms with Crippen LogP contribution in [0, 0.1) is 16.7 Å². The van der Waals surface area contributed by atoms with Gasteiger partial charge in [-0.25, -0.2) is 4.98 Å². The van der Waals surface area contributed by atoms with Crippen LogP contribution in [0.3, 0.4) is 0 Å². The highest BCUT2D eigenvalue weighted by molar-refractivity contribution is 7.13. The molecule has 146 valence electrons. The Bertz CT molecular complexity index is 1300. The number of amides is 1. The Morgan fingerprint density at radius 3 is 2.80 bits per heavy atom. The molecule has 0 spiro atoms. The molecule has 2 atom stereocenters. The summed E-state index contributed by atoms with van der Waals surface area (Å²) in [5.74, 6) is -0.211. The lowest BCUT2D eigenvalue weighted by Crippen LogP contribution is -2.37. The molecular weight excluding hydrogens is 390 g/mol. The molecule has 0 saturated carbocycles. The molecule has 1 aliphatic rings. The number of carbonyl (C=O) groups excluding carboxylic acids is 1. The van der Waals surface area contributed by atoms with Gasteiger partial charge in [0, 0.05) is 17.5 Å². The number of benzene rings is 3. The van der Waals surface area contributed by atoms with Crippen LogP contribution in [0.15, 0.2) is 72.2 Å². The zero-order valence-electron chi connectivity index (χ0n) is 16.4. The fourth-order valence-electron chi connectivity index (χ4n) is 4.68. The Morgan fingerprint density at radius 2 is 2.00 bits per heavy atom. The van der Waals surface area contributed by atoms with Crippen molar-refractivity contribution in [1.29, 1.82) is 5.26 Å². The van der Waals surface area contributed by atoms with Crippen LogP contribution in [-0.2, 0) is 11.2 Å². The van der Waals surface area contributed by atoms with Gasteiger partial charge in [0.15, 0.2) is 5.13 Å². The quantitative estimate of drug-likeness (QED) is 0.486. The molecule has 3 aromatic carbocycles. The summed E-state index contributed by atoms with van der Waals surface area (Å²) in [5, 5.41) is 17.2. The molecule has 1 amide bonds. The van der Waals surface area contributed by atoms with Crippen molar-refractivity contribution in [2.45, 2.75) is 19.3 Å². The minimum absolute atomic E-state index is 0.0508. The molecule has 4 nitrogen and oxygen atoms in total. The second kappa shape index (κ2) is 7.08. The third kappa shape index (κ3) is 2.89. The average molecular weight is 410 g/mol. The summed E-state index contributed by atoms with van der Waals surface area (Å²) < 4.78 is 0. The van der Waals surface area contributed by atoms with Crippen LogP contribution >= 0.6 is 11.3 Å². The highest BCUT2D eigenvalue weighted by atomic mass is 32.1. The lowest BCUT2D eigenvalue weighted by Gasteiger charge is -2.31. The summed E-state index contributed by atoms with van der Waals surface area (Å²) >= 11 is 1.41. The van der Waals surface area contributed by atoms with E-state index in [9.17, 15) is 10.1 Å². The fraction of sp³-hybridized carbons (Fsp3) is 0.160. The van der Waals surface area contributed by atoms with Crippen molar-refractivity contribution < 1.29 is 4.79 Å². The van der Waals surface area contributed by atoms with Crippen molar-refractivity contribution in [1.82, 2.24) is 4.98 Å². The topological polar surface area (TPSA) is 65.8 Å². The molecule has 0 aliphatic heterocycles. The smallest absolute Gasteiger partial charge is 0.233 e. The van der Waals surface area contributed by atoms with Gasteiger partial charge in [-0.05, 0) is 52.9 Å². The van der Waals surface area contributed by atoms with Gasteiger partial charge in [0.05, 0.1) is 17.0 Å². The maximum atomic E-state index is 13.6. The second-order valence-electron chi connectivity index (χ2n) is 7.91. The van der Waals surface area contributed by atoms with E-state index in [-0.39, 0.29) is 11.8 Å². The second-order valence-corrected chi connectivity index (χ2v) is 8.81. The Hall–Kier alpha value is -3.49. The minimum atomic E-state index is -0.702. The summed E-state index contributed by atoms with van der Waals surface area (Å²) in [6.45, 7) is 2.02. The standard InChI is InChI=1S/C25H19N3OS/c1-25(23(29)28-24-27-11-12-30-24)14-18-10-9-16(15-26)13-21(18)22(25)20-8-4-6-17-5-2-3-7-19(17)20/h2-13,22H,14H2,1H3,(H,27,28,29). The number of aromatic nitrogens is 1. The number of hydrogen-bond acceptors (Lipinski definition) is 4. The fourth-order valence-corrected chi connectivity index (χ4v) is 5.21. The number of thiazole rings is 1. The van der Waals surface area contributed by atoms with E-state index in [1.54, 1.807) is 6.20 Å². The summed E-state index contributed by atoms with van der Waals surface area (Å²) in [4.78, 5) is 17.8. The highest BCUT2D eigenvalue weighted by Crippen LogP contribution is 2.52. The van der Waals surface area contributed by atoms with Crippen molar-refractivity contribution in [3.05, 3.63) is 94.5 Å². The molecule has 2 unspecified atom stereocenters. The molecule has 1 heterocycles. The van der Waals surface area contributed by atoms with Crippen molar-refractivity contribution in [2.24, 2.45) is 5.41 Å². The van der Waals surface area contributed by atoms with Crippen LogP contribution in [0.25, 0.3) is 10.8 Å². The normalized spacial score (nSPS) is 19.9. The predicted octanol–water partition coefficient (Wildman–Crippen LogP) is 5.50. The first-order valence-corrected chi connectivity index (χ1v) is 10.7. The first kappa shape index (κ1) is 18.5. The van der Waals surface area contributed by atoms with Gasteiger partial charge in [-0.15, -0.1) is 11.3 Å². The number of nitrogens with one attached hydrogen (secondary N) is 1.